The highest BCUT2D eigenvalue weighted by molar-refractivity contribution is 5.82. The van der Waals surface area contributed by atoms with Crippen LogP contribution < -0.4 is 4.90 Å². The zero-order chi connectivity index (χ0) is 29.8. The summed E-state index contributed by atoms with van der Waals surface area (Å²) < 4.78 is 0. The van der Waals surface area contributed by atoms with Gasteiger partial charge in [0.15, 0.2) is 0 Å². The van der Waals surface area contributed by atoms with E-state index in [2.05, 4.69) is 187 Å². The summed E-state index contributed by atoms with van der Waals surface area (Å²) in [6, 6.07) is 65.8. The number of anilines is 3. The van der Waals surface area contributed by atoms with Crippen molar-refractivity contribution < 1.29 is 0 Å². The van der Waals surface area contributed by atoms with E-state index in [9.17, 15) is 0 Å². The highest BCUT2D eigenvalue weighted by atomic mass is 15.2. The highest BCUT2D eigenvalue weighted by Gasteiger charge is 2.60. The second kappa shape index (κ2) is 9.90. The molecule has 0 N–H and O–H groups in total. The average molecular weight is 575 g/mol. The summed E-state index contributed by atoms with van der Waals surface area (Å²) >= 11 is 0. The molecular weight excluding hydrogens is 544 g/mol. The monoisotopic (exact) mass is 574 g/mol. The molecule has 212 valence electrons. The maximum atomic E-state index is 5.64. The van der Waals surface area contributed by atoms with Gasteiger partial charge in [-0.25, -0.2) is 4.98 Å². The van der Waals surface area contributed by atoms with Crippen LogP contribution in [0.2, 0.25) is 0 Å². The van der Waals surface area contributed by atoms with E-state index in [1.165, 1.54) is 38.9 Å². The standard InChI is InChI=1S/C43H30N2/c1-4-17-31(18-5-1)42-34-23-10-13-26-37(34)43(38-27-14-11-24-35(38)42,39-28-15-12-25-36(39)42)40-29-16-30-41(44-40)45(32-19-6-2-7-20-32)33-21-8-3-9-22-33/h1-30H. The molecular formula is C43H30N2. The van der Waals surface area contributed by atoms with E-state index in [1.807, 2.05) is 0 Å². The molecule has 2 bridgehead atoms. The van der Waals surface area contributed by atoms with Crippen molar-refractivity contribution in [2.75, 3.05) is 4.90 Å². The van der Waals surface area contributed by atoms with Crippen LogP contribution in [-0.4, -0.2) is 4.98 Å². The summed E-state index contributed by atoms with van der Waals surface area (Å²) in [4.78, 5) is 7.89. The normalized spacial score (nSPS) is 18.8. The molecule has 2 heteroatoms. The molecule has 0 unspecified atom stereocenters. The van der Waals surface area contributed by atoms with Crippen molar-refractivity contribution in [3.8, 4) is 0 Å². The second-order valence-electron chi connectivity index (χ2n) is 11.9. The first kappa shape index (κ1) is 25.7. The van der Waals surface area contributed by atoms with Crippen LogP contribution in [0, 0.1) is 0 Å². The summed E-state index contributed by atoms with van der Waals surface area (Å²) in [5, 5.41) is 0. The fourth-order valence-electron chi connectivity index (χ4n) is 8.17. The molecule has 1 aromatic heterocycles. The third-order valence-electron chi connectivity index (χ3n) is 9.79. The number of rotatable bonds is 5. The van der Waals surface area contributed by atoms with E-state index < -0.39 is 10.8 Å². The fraction of sp³-hybridized carbons (Fsp3) is 0.0465. The van der Waals surface area contributed by atoms with Crippen molar-refractivity contribution in [1.82, 2.24) is 4.98 Å². The molecule has 0 atom stereocenters. The predicted molar refractivity (Wildman–Crippen MR) is 183 cm³/mol. The van der Waals surface area contributed by atoms with Crippen LogP contribution in [0.25, 0.3) is 0 Å². The van der Waals surface area contributed by atoms with Gasteiger partial charge in [-0.15, -0.1) is 0 Å². The molecule has 0 saturated heterocycles. The Labute approximate surface area is 263 Å². The molecule has 3 aliphatic carbocycles. The number of benzene rings is 6. The lowest BCUT2D eigenvalue weighted by Crippen LogP contribution is -2.52. The van der Waals surface area contributed by atoms with Crippen molar-refractivity contribution in [1.29, 1.82) is 0 Å². The van der Waals surface area contributed by atoms with Gasteiger partial charge in [-0.05, 0) is 75.3 Å². The summed E-state index contributed by atoms with van der Waals surface area (Å²) in [6.07, 6.45) is 0. The van der Waals surface area contributed by atoms with Gasteiger partial charge in [-0.2, -0.15) is 0 Å². The molecule has 0 aliphatic heterocycles. The second-order valence-corrected chi connectivity index (χ2v) is 11.9. The molecule has 3 aliphatic rings. The Bertz CT molecular complexity index is 2010. The maximum absolute atomic E-state index is 5.64. The van der Waals surface area contributed by atoms with Crippen LogP contribution in [0.1, 0.15) is 44.6 Å². The molecule has 1 heterocycles. The number of aromatic nitrogens is 1. The highest BCUT2D eigenvalue weighted by Crippen LogP contribution is 2.65. The fourth-order valence-corrected chi connectivity index (χ4v) is 8.17. The van der Waals surface area contributed by atoms with E-state index in [0.29, 0.717) is 0 Å². The van der Waals surface area contributed by atoms with Crippen molar-refractivity contribution in [3.63, 3.8) is 0 Å². The number of nitrogens with zero attached hydrogens (tertiary/aromatic N) is 2. The smallest absolute Gasteiger partial charge is 0.137 e. The Hall–Kier alpha value is -5.73. The Morgan fingerprint density at radius 1 is 0.333 bits per heavy atom. The molecule has 10 rings (SSSR count). The summed E-state index contributed by atoms with van der Waals surface area (Å²) in [5.41, 5.74) is 11.3. The number of hydrogen-bond acceptors (Lipinski definition) is 2. The predicted octanol–water partition coefficient (Wildman–Crippen LogP) is 9.94. The quantitative estimate of drug-likeness (QED) is 0.203. The Morgan fingerprint density at radius 2 is 0.711 bits per heavy atom. The van der Waals surface area contributed by atoms with Crippen LogP contribution in [0.5, 0.6) is 0 Å². The van der Waals surface area contributed by atoms with Crippen LogP contribution in [-0.2, 0) is 10.8 Å². The third-order valence-corrected chi connectivity index (χ3v) is 9.79. The Balaban J connectivity index is 1.38. The molecule has 0 fully saturated rings. The first-order valence-corrected chi connectivity index (χ1v) is 15.6. The van der Waals surface area contributed by atoms with Crippen molar-refractivity contribution in [3.05, 3.63) is 227 Å². The van der Waals surface area contributed by atoms with Crippen LogP contribution in [0.15, 0.2) is 182 Å². The van der Waals surface area contributed by atoms with Gasteiger partial charge in [0, 0.05) is 11.4 Å². The maximum Gasteiger partial charge on any atom is 0.137 e. The van der Waals surface area contributed by atoms with Gasteiger partial charge in [0.25, 0.3) is 0 Å². The van der Waals surface area contributed by atoms with E-state index in [0.717, 1.165) is 22.9 Å². The van der Waals surface area contributed by atoms with Gasteiger partial charge in [-0.1, -0.05) is 146 Å². The van der Waals surface area contributed by atoms with Crippen molar-refractivity contribution >= 4 is 17.2 Å². The van der Waals surface area contributed by atoms with Crippen LogP contribution in [0.4, 0.5) is 17.2 Å². The van der Waals surface area contributed by atoms with Crippen molar-refractivity contribution in [2.45, 2.75) is 10.8 Å². The Morgan fingerprint density at radius 3 is 1.16 bits per heavy atom. The van der Waals surface area contributed by atoms with Gasteiger partial charge >= 0.3 is 0 Å². The summed E-state index contributed by atoms with van der Waals surface area (Å²) in [7, 11) is 0. The van der Waals surface area contributed by atoms with Crippen molar-refractivity contribution in [2.24, 2.45) is 0 Å². The van der Waals surface area contributed by atoms with Gasteiger partial charge in [0.1, 0.15) is 5.82 Å². The molecule has 0 saturated carbocycles. The van der Waals surface area contributed by atoms with Gasteiger partial charge < -0.3 is 0 Å². The molecule has 0 radical (unpaired) electrons. The molecule has 7 aromatic rings. The lowest BCUT2D eigenvalue weighted by Gasteiger charge is -2.56. The number of hydrogen-bond donors (Lipinski definition) is 0. The topological polar surface area (TPSA) is 16.1 Å². The van der Waals surface area contributed by atoms with E-state index in [-0.39, 0.29) is 0 Å². The van der Waals surface area contributed by atoms with Gasteiger partial charge in [-0.3, -0.25) is 4.90 Å². The Kier molecular flexibility index (Phi) is 5.66. The molecule has 6 aromatic carbocycles. The first-order chi connectivity index (χ1) is 22.3. The zero-order valence-corrected chi connectivity index (χ0v) is 24.7. The van der Waals surface area contributed by atoms with Gasteiger partial charge in [0.05, 0.1) is 16.5 Å². The largest absolute Gasteiger partial charge is 0.295 e. The molecule has 45 heavy (non-hydrogen) atoms. The molecule has 2 nitrogen and oxygen atoms in total. The third kappa shape index (κ3) is 3.42. The lowest BCUT2D eigenvalue weighted by atomic mass is 9.45. The van der Waals surface area contributed by atoms with Crippen LogP contribution >= 0.6 is 0 Å². The van der Waals surface area contributed by atoms with Crippen LogP contribution in [0.3, 0.4) is 0 Å². The lowest BCUT2D eigenvalue weighted by molar-refractivity contribution is 0.548. The minimum Gasteiger partial charge on any atom is -0.295 e. The zero-order valence-electron chi connectivity index (χ0n) is 24.7. The molecule has 0 spiro atoms. The first-order valence-electron chi connectivity index (χ1n) is 15.6. The summed E-state index contributed by atoms with van der Waals surface area (Å²) in [6.45, 7) is 0. The number of pyridine rings is 1. The average Bonchev–Trinajstić information content (AvgIpc) is 3.13. The summed E-state index contributed by atoms with van der Waals surface area (Å²) in [5.74, 6) is 0.886. The minimum absolute atomic E-state index is 0.426. The van der Waals surface area contributed by atoms with Gasteiger partial charge in [0.2, 0.25) is 0 Å². The SMILES string of the molecule is c1ccc(N(c2ccccc2)c2cccc(C34c5ccccc5C(c5ccccc5)(c5ccccc53)c3ccccc34)n2)cc1. The van der Waals surface area contributed by atoms with E-state index >= 15 is 0 Å². The van der Waals surface area contributed by atoms with E-state index in [4.69, 9.17) is 4.98 Å². The van der Waals surface area contributed by atoms with E-state index in [1.54, 1.807) is 0 Å². The molecule has 0 amide bonds. The number of para-hydroxylation sites is 2. The minimum atomic E-state index is -0.588.